The van der Waals surface area contributed by atoms with Gasteiger partial charge in [0.2, 0.25) is 5.91 Å². The molecule has 2 atom stereocenters. The molecule has 2 amide bonds. The van der Waals surface area contributed by atoms with E-state index >= 15 is 0 Å². The topological polar surface area (TPSA) is 81.0 Å². The summed E-state index contributed by atoms with van der Waals surface area (Å²) in [6, 6.07) is 23.2. The molecule has 0 saturated heterocycles. The van der Waals surface area contributed by atoms with Crippen molar-refractivity contribution in [3.05, 3.63) is 107 Å². The first-order valence-corrected chi connectivity index (χ1v) is 12.0. The lowest BCUT2D eigenvalue weighted by molar-refractivity contribution is -0.126. The number of para-hydroxylation sites is 2. The van der Waals surface area contributed by atoms with Gasteiger partial charge in [-0.1, -0.05) is 54.6 Å². The molecule has 3 aromatic carbocycles. The fraction of sp³-hybridized carbons (Fsp3) is 0.172. The average molecular weight is 461 g/mol. The van der Waals surface area contributed by atoms with Crippen molar-refractivity contribution >= 4 is 33.6 Å². The number of rotatable bonds is 4. The number of hydrogen-bond donors (Lipinski definition) is 3. The third-order valence-electron chi connectivity index (χ3n) is 7.52. The molecule has 0 saturated carbocycles. The van der Waals surface area contributed by atoms with Gasteiger partial charge in [-0.2, -0.15) is 0 Å². The molecule has 2 aliphatic rings. The predicted molar refractivity (Wildman–Crippen MR) is 135 cm³/mol. The highest BCUT2D eigenvalue weighted by Crippen LogP contribution is 2.46. The zero-order chi connectivity index (χ0) is 23.5. The zero-order valence-electron chi connectivity index (χ0n) is 19.0. The molecule has 6 heteroatoms. The molecule has 172 valence electrons. The van der Waals surface area contributed by atoms with Gasteiger partial charge in [0.15, 0.2) is 0 Å². The molecule has 3 N–H and O–H groups in total. The van der Waals surface area contributed by atoms with E-state index < -0.39 is 6.04 Å². The van der Waals surface area contributed by atoms with Crippen LogP contribution in [-0.4, -0.2) is 39.3 Å². The first-order chi connectivity index (χ1) is 17.2. The summed E-state index contributed by atoms with van der Waals surface area (Å²) in [5.74, 6) is -0.182. The van der Waals surface area contributed by atoms with Crippen molar-refractivity contribution in [1.29, 1.82) is 0 Å². The van der Waals surface area contributed by atoms with Crippen LogP contribution in [0.1, 0.15) is 38.8 Å². The van der Waals surface area contributed by atoms with Crippen LogP contribution in [0.3, 0.4) is 0 Å². The van der Waals surface area contributed by atoms with Crippen molar-refractivity contribution in [3.8, 4) is 0 Å². The van der Waals surface area contributed by atoms with Crippen molar-refractivity contribution < 1.29 is 9.59 Å². The van der Waals surface area contributed by atoms with Crippen LogP contribution in [0.15, 0.2) is 79.0 Å². The van der Waals surface area contributed by atoms with Crippen LogP contribution in [0, 0.1) is 0 Å². The smallest absolute Gasteiger partial charge is 0.255 e. The molecule has 5 aromatic rings. The highest BCUT2D eigenvalue weighted by atomic mass is 16.2. The second kappa shape index (κ2) is 7.60. The summed E-state index contributed by atoms with van der Waals surface area (Å²) in [5.41, 5.74) is 7.09. The number of nitrogens with zero attached hydrogens (tertiary/aromatic N) is 1. The van der Waals surface area contributed by atoms with Crippen molar-refractivity contribution in [2.75, 3.05) is 6.54 Å². The monoisotopic (exact) mass is 460 g/mol. The predicted octanol–water partition coefficient (Wildman–Crippen LogP) is 4.48. The maximum atomic E-state index is 13.6. The summed E-state index contributed by atoms with van der Waals surface area (Å²) in [4.78, 5) is 35.7. The van der Waals surface area contributed by atoms with E-state index in [4.69, 9.17) is 0 Å². The number of fused-ring (bicyclic) bond motifs is 8. The molecule has 35 heavy (non-hydrogen) atoms. The van der Waals surface area contributed by atoms with E-state index in [0.29, 0.717) is 18.5 Å². The van der Waals surface area contributed by atoms with Crippen molar-refractivity contribution in [2.45, 2.75) is 24.9 Å². The van der Waals surface area contributed by atoms with Crippen LogP contribution in [0.25, 0.3) is 21.8 Å². The Bertz CT molecular complexity index is 1630. The lowest BCUT2D eigenvalue weighted by atomic mass is 9.90. The fourth-order valence-corrected chi connectivity index (χ4v) is 5.91. The number of nitrogens with one attached hydrogen (secondary N) is 3. The lowest BCUT2D eigenvalue weighted by Crippen LogP contribution is -2.52. The van der Waals surface area contributed by atoms with Gasteiger partial charge in [0.05, 0.1) is 6.04 Å². The number of carbonyl (C=O) groups excluding carboxylic acids is 2. The van der Waals surface area contributed by atoms with Crippen LogP contribution in [0.4, 0.5) is 0 Å². The highest BCUT2D eigenvalue weighted by molar-refractivity contribution is 6.03. The lowest BCUT2D eigenvalue weighted by Gasteiger charge is -2.37. The fourth-order valence-electron chi connectivity index (χ4n) is 5.91. The molecular formula is C29H24N4O2. The Kier molecular flexibility index (Phi) is 4.36. The van der Waals surface area contributed by atoms with E-state index in [1.807, 2.05) is 54.7 Å². The van der Waals surface area contributed by atoms with Gasteiger partial charge < -0.3 is 20.2 Å². The van der Waals surface area contributed by atoms with Gasteiger partial charge in [0, 0.05) is 52.2 Å². The number of H-pyrrole nitrogens is 2. The molecule has 6 nitrogen and oxygen atoms in total. The van der Waals surface area contributed by atoms with Crippen molar-refractivity contribution in [1.82, 2.24) is 20.2 Å². The van der Waals surface area contributed by atoms with Gasteiger partial charge in [-0.3, -0.25) is 9.59 Å². The van der Waals surface area contributed by atoms with Crippen LogP contribution in [0.5, 0.6) is 0 Å². The molecule has 0 fully saturated rings. The van der Waals surface area contributed by atoms with Crippen LogP contribution in [-0.2, 0) is 17.6 Å². The van der Waals surface area contributed by atoms with Crippen LogP contribution in [0.2, 0.25) is 0 Å². The number of carbonyl (C=O) groups is 2. The Labute approximate surface area is 202 Å². The number of hydrogen-bond acceptors (Lipinski definition) is 2. The molecule has 0 radical (unpaired) electrons. The molecule has 2 aliphatic heterocycles. The summed E-state index contributed by atoms with van der Waals surface area (Å²) in [7, 11) is 0. The molecule has 0 spiro atoms. The summed E-state index contributed by atoms with van der Waals surface area (Å²) in [6.45, 7) is 0.511. The highest BCUT2D eigenvalue weighted by Gasteiger charge is 2.48. The van der Waals surface area contributed by atoms with E-state index in [9.17, 15) is 9.59 Å². The Morgan fingerprint density at radius 1 is 0.943 bits per heavy atom. The molecule has 0 bridgehead atoms. The molecule has 2 aromatic heterocycles. The number of aromatic nitrogens is 2. The third-order valence-corrected chi connectivity index (χ3v) is 7.52. The van der Waals surface area contributed by atoms with Gasteiger partial charge in [0.25, 0.3) is 5.91 Å². The second-order valence-electron chi connectivity index (χ2n) is 9.39. The number of aromatic amines is 2. The van der Waals surface area contributed by atoms with Gasteiger partial charge in [-0.15, -0.1) is 0 Å². The largest absolute Gasteiger partial charge is 0.361 e. The van der Waals surface area contributed by atoms with E-state index in [0.717, 1.165) is 39.7 Å². The standard InChI is InChI=1S/C29H24N4O2/c34-28(30-14-13-17-16-31-23-11-5-3-7-18(17)23)25-15-22-19-8-4-6-12-24(19)32-26(22)27-20-9-1-2-10-21(20)29(35)33(25)27/h1-12,16,25,27,31-32H,13-15H2,(H,30,34). The summed E-state index contributed by atoms with van der Waals surface area (Å²) in [5, 5.41) is 5.42. The number of benzene rings is 3. The maximum Gasteiger partial charge on any atom is 0.255 e. The third kappa shape index (κ3) is 2.96. The maximum absolute atomic E-state index is 13.6. The molecule has 4 heterocycles. The average Bonchev–Trinajstić information content (AvgIpc) is 3.56. The van der Waals surface area contributed by atoms with Crippen molar-refractivity contribution in [3.63, 3.8) is 0 Å². The summed E-state index contributed by atoms with van der Waals surface area (Å²) in [6.07, 6.45) is 3.22. The van der Waals surface area contributed by atoms with Crippen LogP contribution >= 0.6 is 0 Å². The van der Waals surface area contributed by atoms with E-state index in [2.05, 4.69) is 39.6 Å². The summed E-state index contributed by atoms with van der Waals surface area (Å²) >= 11 is 0. The molecule has 2 unspecified atom stereocenters. The Balaban J connectivity index is 1.21. The van der Waals surface area contributed by atoms with E-state index in [1.54, 1.807) is 4.90 Å². The van der Waals surface area contributed by atoms with E-state index in [-0.39, 0.29) is 17.9 Å². The molecule has 7 rings (SSSR count). The van der Waals surface area contributed by atoms with E-state index in [1.165, 1.54) is 10.9 Å². The van der Waals surface area contributed by atoms with Gasteiger partial charge in [0.1, 0.15) is 6.04 Å². The quantitative estimate of drug-likeness (QED) is 0.370. The Morgan fingerprint density at radius 3 is 2.57 bits per heavy atom. The zero-order valence-corrected chi connectivity index (χ0v) is 19.0. The first-order valence-electron chi connectivity index (χ1n) is 12.0. The normalized spacial score (nSPS) is 18.5. The van der Waals surface area contributed by atoms with Gasteiger partial charge >= 0.3 is 0 Å². The minimum atomic E-state index is -0.561. The second-order valence-corrected chi connectivity index (χ2v) is 9.39. The minimum Gasteiger partial charge on any atom is -0.361 e. The SMILES string of the molecule is O=C(NCCc1c[nH]c2ccccc12)C1Cc2c([nH]c3ccccc23)C2c3ccccc3C(=O)N12. The van der Waals surface area contributed by atoms with Crippen LogP contribution < -0.4 is 5.32 Å². The summed E-state index contributed by atoms with van der Waals surface area (Å²) < 4.78 is 0. The van der Waals surface area contributed by atoms with Gasteiger partial charge in [-0.25, -0.2) is 0 Å². The minimum absolute atomic E-state index is 0.0771. The van der Waals surface area contributed by atoms with Crippen molar-refractivity contribution in [2.24, 2.45) is 0 Å². The molecule has 0 aliphatic carbocycles. The van der Waals surface area contributed by atoms with Gasteiger partial charge in [-0.05, 0) is 41.3 Å². The molecular weight excluding hydrogens is 436 g/mol. The number of amides is 2. The Morgan fingerprint density at radius 2 is 1.69 bits per heavy atom. The first kappa shape index (κ1) is 20.1. The Hall–Kier alpha value is -4.32.